The molecule has 0 aromatic heterocycles. The molecule has 0 atom stereocenters. The smallest absolute Gasteiger partial charge is 0.330 e. The van der Waals surface area contributed by atoms with Crippen LogP contribution in [0.2, 0.25) is 0 Å². The highest BCUT2D eigenvalue weighted by atomic mass is 16.5. The van der Waals surface area contributed by atoms with Crippen LogP contribution in [0.3, 0.4) is 0 Å². The Morgan fingerprint density at radius 3 is 2.00 bits per heavy atom. The molecular formula is C37H51NO6. The van der Waals surface area contributed by atoms with Crippen LogP contribution in [0.5, 0.6) is 23.0 Å². The van der Waals surface area contributed by atoms with Crippen molar-refractivity contribution in [1.29, 1.82) is 5.26 Å². The van der Waals surface area contributed by atoms with Crippen molar-refractivity contribution in [2.24, 2.45) is 0 Å². The number of nitrogens with zero attached hydrogens (tertiary/aromatic N) is 1. The van der Waals surface area contributed by atoms with Gasteiger partial charge in [-0.2, -0.15) is 5.26 Å². The van der Waals surface area contributed by atoms with E-state index in [1.54, 1.807) is 14.0 Å². The molecule has 0 radical (unpaired) electrons. The Kier molecular flexibility index (Phi) is 16.6. The number of carbonyl (C=O) groups is 1. The highest BCUT2D eigenvalue weighted by molar-refractivity contribution is 5.90. The number of hydrogen-bond donors (Lipinski definition) is 1. The van der Waals surface area contributed by atoms with E-state index in [0.29, 0.717) is 40.8 Å². The normalized spacial score (nSPS) is 11.9. The van der Waals surface area contributed by atoms with Crippen LogP contribution in [-0.4, -0.2) is 37.0 Å². The largest absolute Gasteiger partial charge is 0.493 e. The molecule has 0 amide bonds. The van der Waals surface area contributed by atoms with Crippen LogP contribution in [0.1, 0.15) is 110 Å². The Balaban J connectivity index is 1.82. The number of ether oxygens (including phenoxy) is 4. The average Bonchev–Trinajstić information content (AvgIpc) is 2.98. The molecule has 0 aliphatic heterocycles. The Morgan fingerprint density at radius 1 is 0.818 bits per heavy atom. The van der Waals surface area contributed by atoms with Crippen LogP contribution in [0.15, 0.2) is 48.0 Å². The van der Waals surface area contributed by atoms with Crippen molar-refractivity contribution in [3.8, 4) is 29.1 Å². The highest BCUT2D eigenvalue weighted by Crippen LogP contribution is 2.34. The lowest BCUT2D eigenvalue weighted by Gasteiger charge is -2.18. The van der Waals surface area contributed by atoms with E-state index in [9.17, 15) is 10.1 Å². The third-order valence-electron chi connectivity index (χ3n) is 6.99. The fraction of sp³-hybridized carbons (Fsp3) is 0.514. The van der Waals surface area contributed by atoms with Crippen molar-refractivity contribution in [1.82, 2.24) is 0 Å². The summed E-state index contributed by atoms with van der Waals surface area (Å²) in [7, 11) is 1.62. The van der Waals surface area contributed by atoms with Crippen molar-refractivity contribution in [3.63, 3.8) is 0 Å². The summed E-state index contributed by atoms with van der Waals surface area (Å²) in [5.41, 5.74) is 2.53. The molecule has 0 aliphatic rings. The minimum absolute atomic E-state index is 0.00777. The number of methoxy groups -OCH3 is 1. The van der Waals surface area contributed by atoms with E-state index < -0.39 is 5.97 Å². The van der Waals surface area contributed by atoms with Gasteiger partial charge < -0.3 is 24.1 Å². The lowest BCUT2D eigenvalue weighted by molar-refractivity contribution is -0.132. The van der Waals surface area contributed by atoms with Gasteiger partial charge in [0.15, 0.2) is 23.0 Å². The Bertz CT molecular complexity index is 1270. The number of hydrogen-bond acceptors (Lipinski definition) is 6. The molecule has 0 aliphatic carbocycles. The standard InChI is InChI=1S/C37H51NO6/c1-27(2)43-34-21-19-31(25-36(34)44-28(3)4)32(26-38)23-30-18-20-33(35(24-30)41-6)42-22-16-14-12-10-8-7-9-11-13-15-17-29(5)37(39)40/h17-21,23-25,27-28H,7-16,22H2,1-6H3,(H,39,40). The van der Waals surface area contributed by atoms with Crippen molar-refractivity contribution in [2.45, 2.75) is 111 Å². The zero-order valence-electron chi connectivity index (χ0n) is 27.5. The van der Waals surface area contributed by atoms with Gasteiger partial charge in [-0.3, -0.25) is 0 Å². The number of allylic oxidation sites excluding steroid dienone is 2. The van der Waals surface area contributed by atoms with Gasteiger partial charge in [0.05, 0.1) is 37.6 Å². The minimum Gasteiger partial charge on any atom is -0.493 e. The fourth-order valence-electron chi connectivity index (χ4n) is 4.68. The van der Waals surface area contributed by atoms with Gasteiger partial charge in [-0.1, -0.05) is 57.1 Å². The number of benzene rings is 2. The van der Waals surface area contributed by atoms with Gasteiger partial charge >= 0.3 is 5.97 Å². The molecule has 2 aromatic rings. The maximum atomic E-state index is 10.8. The first-order valence-corrected chi connectivity index (χ1v) is 15.9. The van der Waals surface area contributed by atoms with Crippen molar-refractivity contribution < 1.29 is 28.8 Å². The molecule has 7 heteroatoms. The SMILES string of the molecule is COc1cc(C=C(C#N)c2ccc(OC(C)C)c(OC(C)C)c2)ccc1OCCCCCCCCCCCC=C(C)C(=O)O. The van der Waals surface area contributed by atoms with Gasteiger partial charge in [-0.25, -0.2) is 4.79 Å². The summed E-state index contributed by atoms with van der Waals surface area (Å²) in [6.07, 6.45) is 14.9. The van der Waals surface area contributed by atoms with Crippen molar-refractivity contribution in [2.75, 3.05) is 13.7 Å². The molecule has 2 aromatic carbocycles. The summed E-state index contributed by atoms with van der Waals surface area (Å²) in [5, 5.41) is 18.8. The molecule has 240 valence electrons. The summed E-state index contributed by atoms with van der Waals surface area (Å²) in [6, 6.07) is 13.6. The van der Waals surface area contributed by atoms with E-state index >= 15 is 0 Å². The van der Waals surface area contributed by atoms with Crippen molar-refractivity contribution >= 4 is 17.6 Å². The Morgan fingerprint density at radius 2 is 1.41 bits per heavy atom. The van der Waals surface area contributed by atoms with Crippen LogP contribution < -0.4 is 18.9 Å². The van der Waals surface area contributed by atoms with E-state index in [1.807, 2.05) is 76.2 Å². The first-order chi connectivity index (χ1) is 21.1. The molecule has 0 unspecified atom stereocenters. The summed E-state index contributed by atoms with van der Waals surface area (Å²) in [6.45, 7) is 10.1. The third kappa shape index (κ3) is 13.6. The number of carboxylic acids is 1. The van der Waals surface area contributed by atoms with Crippen LogP contribution in [-0.2, 0) is 4.79 Å². The predicted octanol–water partition coefficient (Wildman–Crippen LogP) is 9.64. The molecule has 44 heavy (non-hydrogen) atoms. The predicted molar refractivity (Wildman–Crippen MR) is 178 cm³/mol. The summed E-state index contributed by atoms with van der Waals surface area (Å²) >= 11 is 0. The van der Waals surface area contributed by atoms with Gasteiger partial charge in [0, 0.05) is 5.57 Å². The monoisotopic (exact) mass is 605 g/mol. The molecule has 2 rings (SSSR count). The van der Waals surface area contributed by atoms with E-state index in [1.165, 1.54) is 32.1 Å². The Hall–Kier alpha value is -3.92. The Labute approximate surface area is 264 Å². The molecule has 0 fully saturated rings. The molecule has 0 spiro atoms. The van der Waals surface area contributed by atoms with Gasteiger partial charge in [-0.15, -0.1) is 0 Å². The zero-order valence-corrected chi connectivity index (χ0v) is 27.5. The van der Waals surface area contributed by atoms with Gasteiger partial charge in [0.2, 0.25) is 0 Å². The first kappa shape index (κ1) is 36.3. The topological polar surface area (TPSA) is 98.0 Å². The summed E-state index contributed by atoms with van der Waals surface area (Å²) in [4.78, 5) is 10.8. The lowest BCUT2D eigenvalue weighted by Crippen LogP contribution is -2.11. The van der Waals surface area contributed by atoms with Crippen LogP contribution in [0.25, 0.3) is 11.6 Å². The van der Waals surface area contributed by atoms with Crippen molar-refractivity contribution in [3.05, 3.63) is 59.2 Å². The molecular weight excluding hydrogens is 554 g/mol. The lowest BCUT2D eigenvalue weighted by atomic mass is 10.0. The molecule has 0 heterocycles. The van der Waals surface area contributed by atoms with E-state index in [0.717, 1.165) is 43.2 Å². The molecule has 1 N–H and O–H groups in total. The summed E-state index contributed by atoms with van der Waals surface area (Å²) in [5.74, 6) is 1.77. The number of carboxylic acid groups (broad SMARTS) is 1. The third-order valence-corrected chi connectivity index (χ3v) is 6.99. The molecule has 7 nitrogen and oxygen atoms in total. The molecule has 0 bridgehead atoms. The second kappa shape index (κ2) is 20.1. The fourth-order valence-corrected chi connectivity index (χ4v) is 4.68. The van der Waals surface area contributed by atoms with Crippen LogP contribution in [0.4, 0.5) is 0 Å². The number of aliphatic carboxylic acids is 1. The van der Waals surface area contributed by atoms with Crippen LogP contribution in [0, 0.1) is 11.3 Å². The number of nitriles is 1. The zero-order chi connectivity index (χ0) is 32.3. The second-order valence-corrected chi connectivity index (χ2v) is 11.6. The molecule has 0 saturated heterocycles. The summed E-state index contributed by atoms with van der Waals surface area (Å²) < 4.78 is 23.5. The second-order valence-electron chi connectivity index (χ2n) is 11.6. The maximum Gasteiger partial charge on any atom is 0.330 e. The number of unbranched alkanes of at least 4 members (excludes halogenated alkanes) is 9. The highest BCUT2D eigenvalue weighted by Gasteiger charge is 2.13. The number of rotatable bonds is 21. The molecule has 0 saturated carbocycles. The van der Waals surface area contributed by atoms with Gasteiger partial charge in [0.1, 0.15) is 0 Å². The quantitative estimate of drug-likeness (QED) is 0.0654. The van der Waals surface area contributed by atoms with Crippen LogP contribution >= 0.6 is 0 Å². The van der Waals surface area contributed by atoms with E-state index in [4.69, 9.17) is 24.1 Å². The van der Waals surface area contributed by atoms with Gasteiger partial charge in [0.25, 0.3) is 0 Å². The van der Waals surface area contributed by atoms with Gasteiger partial charge in [-0.05, 0) is 101 Å². The minimum atomic E-state index is -0.825. The van der Waals surface area contributed by atoms with E-state index in [-0.39, 0.29) is 12.2 Å². The average molecular weight is 606 g/mol. The van der Waals surface area contributed by atoms with E-state index in [2.05, 4.69) is 6.07 Å². The maximum absolute atomic E-state index is 10.8. The first-order valence-electron chi connectivity index (χ1n) is 15.9.